The number of hydrogen-bond acceptors (Lipinski definition) is 5. The molecule has 32 heavy (non-hydrogen) atoms. The van der Waals surface area contributed by atoms with Gasteiger partial charge in [0.2, 0.25) is 5.91 Å². The molecule has 2 N–H and O–H groups in total. The molecule has 0 spiro atoms. The summed E-state index contributed by atoms with van der Waals surface area (Å²) in [5, 5.41) is 12.1. The molecule has 0 radical (unpaired) electrons. The number of benzene rings is 3. The van der Waals surface area contributed by atoms with Crippen molar-refractivity contribution in [3.63, 3.8) is 0 Å². The minimum atomic E-state index is -1.03. The number of carboxylic acid groups (broad SMARTS) is 1. The Kier molecular flexibility index (Phi) is 6.04. The van der Waals surface area contributed by atoms with Gasteiger partial charge in [-0.05, 0) is 55.5 Å². The van der Waals surface area contributed by atoms with Crippen molar-refractivity contribution in [2.24, 2.45) is 0 Å². The second-order valence-corrected chi connectivity index (χ2v) is 8.33. The van der Waals surface area contributed by atoms with Gasteiger partial charge in [0.05, 0.1) is 27.4 Å². The van der Waals surface area contributed by atoms with E-state index in [1.165, 1.54) is 40.6 Å². The highest BCUT2D eigenvalue weighted by atomic mass is 32.2. The van der Waals surface area contributed by atoms with Gasteiger partial charge in [-0.25, -0.2) is 9.78 Å². The molecule has 8 heteroatoms. The lowest BCUT2D eigenvalue weighted by Crippen LogP contribution is -2.26. The summed E-state index contributed by atoms with van der Waals surface area (Å²) < 4.78 is 1.51. The fourth-order valence-corrected chi connectivity index (χ4v) is 4.07. The van der Waals surface area contributed by atoms with Crippen LogP contribution in [-0.2, 0) is 4.79 Å². The number of nitrogens with one attached hydrogen (secondary N) is 1. The molecular formula is C24H19N3O4S. The van der Waals surface area contributed by atoms with Crippen LogP contribution in [0.15, 0.2) is 88.8 Å². The van der Waals surface area contributed by atoms with Crippen LogP contribution >= 0.6 is 11.8 Å². The Morgan fingerprint density at radius 1 is 0.969 bits per heavy atom. The summed E-state index contributed by atoms with van der Waals surface area (Å²) in [5.74, 6) is -1.33. The van der Waals surface area contributed by atoms with Gasteiger partial charge in [-0.3, -0.25) is 14.2 Å². The molecule has 1 heterocycles. The molecule has 4 rings (SSSR count). The average Bonchev–Trinajstić information content (AvgIpc) is 2.80. The lowest BCUT2D eigenvalue weighted by molar-refractivity contribution is -0.115. The predicted octanol–water partition coefficient (Wildman–Crippen LogP) is 4.20. The Hall–Kier alpha value is -3.91. The maximum Gasteiger partial charge on any atom is 0.335 e. The van der Waals surface area contributed by atoms with Gasteiger partial charge in [0.15, 0.2) is 5.16 Å². The molecule has 3 aromatic carbocycles. The van der Waals surface area contributed by atoms with Gasteiger partial charge < -0.3 is 10.4 Å². The quantitative estimate of drug-likeness (QED) is 0.341. The van der Waals surface area contributed by atoms with E-state index < -0.39 is 11.2 Å². The maximum atomic E-state index is 13.2. The first-order valence-corrected chi connectivity index (χ1v) is 10.7. The Balaban J connectivity index is 1.65. The highest BCUT2D eigenvalue weighted by molar-refractivity contribution is 8.00. The zero-order valence-electron chi connectivity index (χ0n) is 17.1. The molecule has 0 fully saturated rings. The van der Waals surface area contributed by atoms with E-state index in [1.54, 1.807) is 25.1 Å². The number of para-hydroxylation sites is 2. The summed E-state index contributed by atoms with van der Waals surface area (Å²) in [6.07, 6.45) is 0. The van der Waals surface area contributed by atoms with E-state index in [0.717, 1.165) is 0 Å². The number of aromatic carboxylic acids is 1. The number of carbonyl (C=O) groups excluding carboxylic acids is 1. The first-order valence-electron chi connectivity index (χ1n) is 9.82. The van der Waals surface area contributed by atoms with Gasteiger partial charge in [0.1, 0.15) is 0 Å². The van der Waals surface area contributed by atoms with Gasteiger partial charge in [0.25, 0.3) is 5.56 Å². The van der Waals surface area contributed by atoms with Crippen LogP contribution in [0.2, 0.25) is 0 Å². The van der Waals surface area contributed by atoms with Crippen molar-refractivity contribution in [2.75, 3.05) is 5.32 Å². The molecule has 0 bridgehead atoms. The second kappa shape index (κ2) is 9.07. The molecule has 0 aliphatic carbocycles. The highest BCUT2D eigenvalue weighted by Gasteiger charge is 2.20. The van der Waals surface area contributed by atoms with Gasteiger partial charge in [0, 0.05) is 5.69 Å². The monoisotopic (exact) mass is 445 g/mol. The summed E-state index contributed by atoms with van der Waals surface area (Å²) in [7, 11) is 0. The zero-order chi connectivity index (χ0) is 22.7. The number of rotatable bonds is 6. The van der Waals surface area contributed by atoms with Crippen LogP contribution < -0.4 is 10.9 Å². The Labute approximate surface area is 187 Å². The number of fused-ring (bicyclic) bond motifs is 1. The SMILES string of the molecule is CC(Sc1nc2ccccc2c(=O)n1-c1ccccc1)C(=O)Nc1ccc(C(=O)O)cc1. The fourth-order valence-electron chi connectivity index (χ4n) is 3.15. The molecule has 0 aliphatic heterocycles. The van der Waals surface area contributed by atoms with Crippen LogP contribution in [-0.4, -0.2) is 31.8 Å². The average molecular weight is 446 g/mol. The molecular weight excluding hydrogens is 426 g/mol. The molecule has 4 aromatic rings. The number of carbonyl (C=O) groups is 2. The lowest BCUT2D eigenvalue weighted by Gasteiger charge is -2.16. The van der Waals surface area contributed by atoms with Crippen molar-refractivity contribution in [1.82, 2.24) is 9.55 Å². The zero-order valence-corrected chi connectivity index (χ0v) is 17.9. The van der Waals surface area contributed by atoms with Gasteiger partial charge in [-0.1, -0.05) is 42.1 Å². The summed E-state index contributed by atoms with van der Waals surface area (Å²) in [4.78, 5) is 41.7. The van der Waals surface area contributed by atoms with Crippen LogP contribution in [0.5, 0.6) is 0 Å². The van der Waals surface area contributed by atoms with Crippen LogP contribution in [0.3, 0.4) is 0 Å². The number of hydrogen-bond donors (Lipinski definition) is 2. The van der Waals surface area contributed by atoms with Crippen LogP contribution in [0.25, 0.3) is 16.6 Å². The third-order valence-corrected chi connectivity index (χ3v) is 5.86. The van der Waals surface area contributed by atoms with E-state index in [2.05, 4.69) is 10.3 Å². The summed E-state index contributed by atoms with van der Waals surface area (Å²) in [5.41, 5.74) is 1.64. The Morgan fingerprint density at radius 2 is 1.62 bits per heavy atom. The minimum absolute atomic E-state index is 0.137. The van der Waals surface area contributed by atoms with Crippen LogP contribution in [0, 0.1) is 0 Å². The predicted molar refractivity (Wildman–Crippen MR) is 125 cm³/mol. The van der Waals surface area contributed by atoms with Gasteiger partial charge in [-0.2, -0.15) is 0 Å². The summed E-state index contributed by atoms with van der Waals surface area (Å²) >= 11 is 1.18. The van der Waals surface area contributed by atoms with Crippen molar-refractivity contribution in [2.45, 2.75) is 17.3 Å². The van der Waals surface area contributed by atoms with E-state index in [1.807, 2.05) is 36.4 Å². The Morgan fingerprint density at radius 3 is 2.31 bits per heavy atom. The van der Waals surface area contributed by atoms with Gasteiger partial charge in [-0.15, -0.1) is 0 Å². The topological polar surface area (TPSA) is 101 Å². The van der Waals surface area contributed by atoms with Crippen molar-refractivity contribution in [3.8, 4) is 5.69 Å². The second-order valence-electron chi connectivity index (χ2n) is 7.02. The fraction of sp³-hybridized carbons (Fsp3) is 0.0833. The van der Waals surface area contributed by atoms with E-state index in [-0.39, 0.29) is 17.0 Å². The molecule has 1 amide bonds. The Bertz CT molecular complexity index is 1350. The van der Waals surface area contributed by atoms with Crippen molar-refractivity contribution in [3.05, 3.63) is 94.8 Å². The smallest absolute Gasteiger partial charge is 0.335 e. The lowest BCUT2D eigenvalue weighted by atomic mass is 10.2. The summed E-state index contributed by atoms with van der Waals surface area (Å²) in [6, 6.07) is 22.2. The molecule has 0 aliphatic rings. The van der Waals surface area contributed by atoms with Crippen molar-refractivity contribution in [1.29, 1.82) is 0 Å². The van der Waals surface area contributed by atoms with E-state index in [4.69, 9.17) is 5.11 Å². The number of thioether (sulfide) groups is 1. The molecule has 1 unspecified atom stereocenters. The minimum Gasteiger partial charge on any atom is -0.478 e. The van der Waals surface area contributed by atoms with E-state index >= 15 is 0 Å². The molecule has 0 saturated heterocycles. The normalized spacial score (nSPS) is 11.8. The third kappa shape index (κ3) is 4.40. The highest BCUT2D eigenvalue weighted by Crippen LogP contribution is 2.26. The van der Waals surface area contributed by atoms with E-state index in [9.17, 15) is 14.4 Å². The third-order valence-electron chi connectivity index (χ3n) is 4.81. The molecule has 7 nitrogen and oxygen atoms in total. The van der Waals surface area contributed by atoms with E-state index in [0.29, 0.717) is 27.4 Å². The van der Waals surface area contributed by atoms with Crippen LogP contribution in [0.4, 0.5) is 5.69 Å². The standard InChI is InChI=1S/C24H19N3O4S/c1-15(21(28)25-17-13-11-16(12-14-17)23(30)31)32-24-26-20-10-6-5-9-19(20)22(29)27(24)18-7-3-2-4-8-18/h2-15H,1H3,(H,25,28)(H,30,31). The molecule has 1 aromatic heterocycles. The van der Waals surface area contributed by atoms with Crippen LogP contribution in [0.1, 0.15) is 17.3 Å². The first-order chi connectivity index (χ1) is 15.4. The number of nitrogens with zero attached hydrogens (tertiary/aromatic N) is 2. The molecule has 160 valence electrons. The number of aromatic nitrogens is 2. The number of amides is 1. The first kappa shape index (κ1) is 21.3. The molecule has 0 saturated carbocycles. The maximum absolute atomic E-state index is 13.2. The van der Waals surface area contributed by atoms with Crippen molar-refractivity contribution < 1.29 is 14.7 Å². The van der Waals surface area contributed by atoms with Gasteiger partial charge >= 0.3 is 5.97 Å². The largest absolute Gasteiger partial charge is 0.478 e. The molecule has 1 atom stereocenters. The number of anilines is 1. The van der Waals surface area contributed by atoms with Crippen molar-refractivity contribution >= 4 is 40.2 Å². The number of carboxylic acids is 1. The summed E-state index contributed by atoms with van der Waals surface area (Å²) in [6.45, 7) is 1.72.